The number of carbonyl (C=O) groups is 1. The van der Waals surface area contributed by atoms with Crippen LogP contribution < -0.4 is 10.6 Å². The normalized spacial score (nSPS) is 23.6. The van der Waals surface area contributed by atoms with Crippen LogP contribution in [-0.4, -0.2) is 48.6 Å². The molecule has 2 aliphatic rings. The lowest BCUT2D eigenvalue weighted by molar-refractivity contribution is -0.127. The van der Waals surface area contributed by atoms with Crippen molar-refractivity contribution in [2.75, 3.05) is 19.6 Å². The molecule has 1 unspecified atom stereocenters. The summed E-state index contributed by atoms with van der Waals surface area (Å²) in [5, 5.41) is 6.77. The van der Waals surface area contributed by atoms with Crippen LogP contribution in [0.25, 0.3) is 0 Å². The fourth-order valence-corrected chi connectivity index (χ4v) is 3.50. The number of nitrogens with zero attached hydrogens (tertiary/aromatic N) is 1. The standard InChI is InChI=1S/C17H33N3O/c1-13(2)18-12-15-8-10-20(11-9-15)14(3)17(21)19-16-6-4-5-7-16/h13-16,18H,4-12H2,1-3H3,(H,19,21). The molecule has 122 valence electrons. The van der Waals surface area contributed by atoms with Crippen LogP contribution in [-0.2, 0) is 4.79 Å². The summed E-state index contributed by atoms with van der Waals surface area (Å²) in [7, 11) is 0. The van der Waals surface area contributed by atoms with Gasteiger partial charge in [-0.2, -0.15) is 0 Å². The van der Waals surface area contributed by atoms with Crippen molar-refractivity contribution in [3.63, 3.8) is 0 Å². The molecule has 0 radical (unpaired) electrons. The van der Waals surface area contributed by atoms with Gasteiger partial charge in [0, 0.05) is 12.1 Å². The number of nitrogens with one attached hydrogen (secondary N) is 2. The zero-order valence-corrected chi connectivity index (χ0v) is 14.0. The second kappa shape index (κ2) is 8.14. The summed E-state index contributed by atoms with van der Waals surface area (Å²) in [5.74, 6) is 1.01. The molecule has 1 saturated carbocycles. The summed E-state index contributed by atoms with van der Waals surface area (Å²) in [6.07, 6.45) is 7.30. The van der Waals surface area contributed by atoms with Gasteiger partial charge in [0.15, 0.2) is 0 Å². The number of hydrogen-bond acceptors (Lipinski definition) is 3. The van der Waals surface area contributed by atoms with Crippen molar-refractivity contribution in [2.45, 2.75) is 77.4 Å². The monoisotopic (exact) mass is 295 g/mol. The van der Waals surface area contributed by atoms with E-state index in [-0.39, 0.29) is 11.9 Å². The molecule has 0 aromatic carbocycles. The predicted molar refractivity (Wildman–Crippen MR) is 87.3 cm³/mol. The molecule has 21 heavy (non-hydrogen) atoms. The van der Waals surface area contributed by atoms with Crippen LogP contribution in [0.4, 0.5) is 0 Å². The van der Waals surface area contributed by atoms with Gasteiger partial charge in [-0.3, -0.25) is 9.69 Å². The number of likely N-dealkylation sites (tertiary alicyclic amines) is 1. The molecule has 1 amide bonds. The summed E-state index contributed by atoms with van der Waals surface area (Å²) in [6, 6.07) is 1.04. The van der Waals surface area contributed by atoms with Gasteiger partial charge in [-0.05, 0) is 58.2 Å². The Bertz CT molecular complexity index is 318. The van der Waals surface area contributed by atoms with Crippen molar-refractivity contribution in [1.29, 1.82) is 0 Å². The first kappa shape index (κ1) is 16.8. The lowest BCUT2D eigenvalue weighted by atomic mass is 9.95. The van der Waals surface area contributed by atoms with Gasteiger partial charge < -0.3 is 10.6 Å². The van der Waals surface area contributed by atoms with E-state index in [0.29, 0.717) is 12.1 Å². The molecule has 1 heterocycles. The van der Waals surface area contributed by atoms with E-state index >= 15 is 0 Å². The summed E-state index contributed by atoms with van der Waals surface area (Å²) in [6.45, 7) is 9.70. The van der Waals surface area contributed by atoms with Crippen molar-refractivity contribution in [3.05, 3.63) is 0 Å². The molecule has 4 nitrogen and oxygen atoms in total. The highest BCUT2D eigenvalue weighted by atomic mass is 16.2. The maximum atomic E-state index is 12.3. The van der Waals surface area contributed by atoms with Crippen LogP contribution >= 0.6 is 0 Å². The third kappa shape index (κ3) is 5.26. The predicted octanol–water partition coefficient (Wildman–Crippen LogP) is 2.14. The van der Waals surface area contributed by atoms with Crippen LogP contribution in [0.1, 0.15) is 59.3 Å². The number of hydrogen-bond donors (Lipinski definition) is 2. The summed E-state index contributed by atoms with van der Waals surface area (Å²) < 4.78 is 0. The van der Waals surface area contributed by atoms with Gasteiger partial charge in [0.1, 0.15) is 0 Å². The summed E-state index contributed by atoms with van der Waals surface area (Å²) in [5.41, 5.74) is 0. The van der Waals surface area contributed by atoms with Crippen molar-refractivity contribution in [2.24, 2.45) is 5.92 Å². The molecule has 0 aromatic rings. The third-order valence-electron chi connectivity index (χ3n) is 5.09. The average molecular weight is 295 g/mol. The highest BCUT2D eigenvalue weighted by molar-refractivity contribution is 5.81. The maximum absolute atomic E-state index is 12.3. The van der Waals surface area contributed by atoms with E-state index in [0.717, 1.165) is 25.6 Å². The van der Waals surface area contributed by atoms with E-state index in [4.69, 9.17) is 0 Å². The Morgan fingerprint density at radius 1 is 1.10 bits per heavy atom. The summed E-state index contributed by atoms with van der Waals surface area (Å²) >= 11 is 0. The van der Waals surface area contributed by atoms with Crippen molar-refractivity contribution in [1.82, 2.24) is 15.5 Å². The van der Waals surface area contributed by atoms with Gasteiger partial charge in [-0.1, -0.05) is 26.7 Å². The molecule has 0 spiro atoms. The molecule has 4 heteroatoms. The van der Waals surface area contributed by atoms with Crippen molar-refractivity contribution >= 4 is 5.91 Å². The molecule has 1 atom stereocenters. The second-order valence-corrected chi connectivity index (χ2v) is 7.21. The Hall–Kier alpha value is -0.610. The quantitative estimate of drug-likeness (QED) is 0.789. The largest absolute Gasteiger partial charge is 0.352 e. The lowest BCUT2D eigenvalue weighted by Gasteiger charge is -2.36. The molecule has 0 bridgehead atoms. The van der Waals surface area contributed by atoms with E-state index in [1.54, 1.807) is 0 Å². The van der Waals surface area contributed by atoms with Gasteiger partial charge >= 0.3 is 0 Å². The van der Waals surface area contributed by atoms with Crippen molar-refractivity contribution in [3.8, 4) is 0 Å². The van der Waals surface area contributed by atoms with Crippen molar-refractivity contribution < 1.29 is 4.79 Å². The van der Waals surface area contributed by atoms with Gasteiger partial charge in [0.2, 0.25) is 5.91 Å². The van der Waals surface area contributed by atoms with E-state index < -0.39 is 0 Å². The Morgan fingerprint density at radius 2 is 1.71 bits per heavy atom. The van der Waals surface area contributed by atoms with E-state index in [2.05, 4.69) is 36.3 Å². The Kier molecular flexibility index (Phi) is 6.49. The van der Waals surface area contributed by atoms with E-state index in [9.17, 15) is 4.79 Å². The minimum absolute atomic E-state index is 0.0320. The number of amides is 1. The van der Waals surface area contributed by atoms with Crippen LogP contribution in [0.15, 0.2) is 0 Å². The number of carbonyl (C=O) groups excluding carboxylic acids is 1. The van der Waals surface area contributed by atoms with E-state index in [1.807, 2.05) is 0 Å². The first-order chi connectivity index (χ1) is 10.1. The first-order valence-electron chi connectivity index (χ1n) is 8.84. The molecule has 2 rings (SSSR count). The van der Waals surface area contributed by atoms with Crippen LogP contribution in [0.3, 0.4) is 0 Å². The second-order valence-electron chi connectivity index (χ2n) is 7.21. The first-order valence-corrected chi connectivity index (χ1v) is 8.84. The Morgan fingerprint density at radius 3 is 2.29 bits per heavy atom. The van der Waals surface area contributed by atoms with Crippen LogP contribution in [0.2, 0.25) is 0 Å². The van der Waals surface area contributed by atoms with E-state index in [1.165, 1.54) is 38.5 Å². The van der Waals surface area contributed by atoms with Crippen LogP contribution in [0, 0.1) is 5.92 Å². The highest BCUT2D eigenvalue weighted by Crippen LogP contribution is 2.20. The molecule has 1 aliphatic heterocycles. The van der Waals surface area contributed by atoms with Gasteiger partial charge in [0.05, 0.1) is 6.04 Å². The number of piperidine rings is 1. The lowest BCUT2D eigenvalue weighted by Crippen LogP contribution is -2.50. The summed E-state index contributed by atoms with van der Waals surface area (Å²) in [4.78, 5) is 14.7. The minimum atomic E-state index is 0.0320. The molecule has 0 aromatic heterocycles. The fourth-order valence-electron chi connectivity index (χ4n) is 3.50. The average Bonchev–Trinajstić information content (AvgIpc) is 2.97. The zero-order chi connectivity index (χ0) is 15.2. The number of rotatable bonds is 6. The molecule has 1 saturated heterocycles. The highest BCUT2D eigenvalue weighted by Gasteiger charge is 2.28. The van der Waals surface area contributed by atoms with Gasteiger partial charge in [0.25, 0.3) is 0 Å². The van der Waals surface area contributed by atoms with Gasteiger partial charge in [-0.25, -0.2) is 0 Å². The van der Waals surface area contributed by atoms with Crippen LogP contribution in [0.5, 0.6) is 0 Å². The third-order valence-corrected chi connectivity index (χ3v) is 5.09. The SMILES string of the molecule is CC(C)NCC1CCN(C(C)C(=O)NC2CCCC2)CC1. The topological polar surface area (TPSA) is 44.4 Å². The Balaban J connectivity index is 1.69. The molecular weight excluding hydrogens is 262 g/mol. The zero-order valence-electron chi connectivity index (χ0n) is 14.0. The minimum Gasteiger partial charge on any atom is -0.352 e. The maximum Gasteiger partial charge on any atom is 0.237 e. The molecule has 1 aliphatic carbocycles. The molecule has 2 fully saturated rings. The fraction of sp³-hybridized carbons (Fsp3) is 0.941. The Labute approximate surface area is 130 Å². The molecular formula is C17H33N3O. The smallest absolute Gasteiger partial charge is 0.237 e. The van der Waals surface area contributed by atoms with Gasteiger partial charge in [-0.15, -0.1) is 0 Å². The molecule has 2 N–H and O–H groups in total.